The molecule has 2 aromatic rings. The van der Waals surface area contributed by atoms with Crippen molar-refractivity contribution in [2.24, 2.45) is 5.10 Å². The van der Waals surface area contributed by atoms with Gasteiger partial charge in [0.2, 0.25) is 0 Å². The molecule has 0 unspecified atom stereocenters. The number of hydrazone groups is 1. The molecule has 0 aromatic heterocycles. The Hall–Kier alpha value is -2.11. The average Bonchev–Trinajstić information content (AvgIpc) is 2.41. The standard InChI is InChI=1S/C13H9Cl2N3O2/c14-10-5-4-9(13(15)6-10)8-16-17-11-2-1-3-12(7-11)18(19)20/h1-8,17H/b16-8-. The number of halogens is 2. The van der Waals surface area contributed by atoms with Crippen molar-refractivity contribution in [3.05, 3.63) is 68.2 Å². The molecule has 7 heteroatoms. The number of nitrogens with one attached hydrogen (secondary N) is 1. The second-order valence-electron chi connectivity index (χ2n) is 3.84. The molecule has 2 rings (SSSR count). The van der Waals surface area contributed by atoms with Gasteiger partial charge in [-0.25, -0.2) is 0 Å². The maximum absolute atomic E-state index is 10.6. The van der Waals surface area contributed by atoms with Gasteiger partial charge in [-0.1, -0.05) is 35.3 Å². The first-order chi connectivity index (χ1) is 9.56. The van der Waals surface area contributed by atoms with E-state index in [2.05, 4.69) is 10.5 Å². The molecule has 0 amide bonds. The van der Waals surface area contributed by atoms with Gasteiger partial charge in [-0.3, -0.25) is 15.5 Å². The number of rotatable bonds is 4. The molecule has 0 fully saturated rings. The van der Waals surface area contributed by atoms with Crippen molar-refractivity contribution in [2.45, 2.75) is 0 Å². The molecule has 0 aliphatic rings. The SMILES string of the molecule is O=[N+]([O-])c1cccc(N/N=C\c2ccc(Cl)cc2Cl)c1. The van der Waals surface area contributed by atoms with Gasteiger partial charge >= 0.3 is 0 Å². The Morgan fingerprint density at radius 1 is 1.20 bits per heavy atom. The zero-order chi connectivity index (χ0) is 14.5. The van der Waals surface area contributed by atoms with Crippen LogP contribution in [-0.2, 0) is 0 Å². The summed E-state index contributed by atoms with van der Waals surface area (Å²) >= 11 is 11.8. The molecule has 0 aliphatic heterocycles. The lowest BCUT2D eigenvalue weighted by atomic mass is 10.2. The zero-order valence-electron chi connectivity index (χ0n) is 10.1. The van der Waals surface area contributed by atoms with Crippen LogP contribution in [0, 0.1) is 10.1 Å². The molecule has 1 N–H and O–H groups in total. The van der Waals surface area contributed by atoms with Gasteiger partial charge in [0.1, 0.15) is 0 Å². The van der Waals surface area contributed by atoms with Crippen LogP contribution >= 0.6 is 23.2 Å². The molecule has 0 atom stereocenters. The minimum absolute atomic E-state index is 0.00488. The van der Waals surface area contributed by atoms with Crippen molar-refractivity contribution in [2.75, 3.05) is 5.43 Å². The molecule has 102 valence electrons. The van der Waals surface area contributed by atoms with Gasteiger partial charge in [0.25, 0.3) is 5.69 Å². The lowest BCUT2D eigenvalue weighted by molar-refractivity contribution is -0.384. The van der Waals surface area contributed by atoms with Crippen LogP contribution in [0.25, 0.3) is 0 Å². The molecule has 0 spiro atoms. The van der Waals surface area contributed by atoms with E-state index < -0.39 is 4.92 Å². The minimum atomic E-state index is -0.467. The summed E-state index contributed by atoms with van der Waals surface area (Å²) in [5.74, 6) is 0. The van der Waals surface area contributed by atoms with Crippen LogP contribution in [0.4, 0.5) is 11.4 Å². The third kappa shape index (κ3) is 3.69. The minimum Gasteiger partial charge on any atom is -0.278 e. The molecule has 2 aromatic carbocycles. The van der Waals surface area contributed by atoms with E-state index in [0.717, 1.165) is 0 Å². The summed E-state index contributed by atoms with van der Waals surface area (Å²) in [5.41, 5.74) is 3.90. The van der Waals surface area contributed by atoms with Crippen molar-refractivity contribution in [3.63, 3.8) is 0 Å². The van der Waals surface area contributed by atoms with Gasteiger partial charge < -0.3 is 0 Å². The molecule has 0 saturated heterocycles. The number of hydrogen-bond acceptors (Lipinski definition) is 4. The van der Waals surface area contributed by atoms with E-state index in [1.807, 2.05) is 0 Å². The Labute approximate surface area is 125 Å². The summed E-state index contributed by atoms with van der Waals surface area (Å²) in [5, 5.41) is 15.6. The number of benzene rings is 2. The van der Waals surface area contributed by atoms with Gasteiger partial charge in [0, 0.05) is 22.7 Å². The lowest BCUT2D eigenvalue weighted by Gasteiger charge is -2.01. The Morgan fingerprint density at radius 2 is 2.00 bits per heavy atom. The number of hydrogen-bond donors (Lipinski definition) is 1. The third-order valence-electron chi connectivity index (χ3n) is 2.42. The fourth-order valence-electron chi connectivity index (χ4n) is 1.47. The first-order valence-corrected chi connectivity index (χ1v) is 6.30. The van der Waals surface area contributed by atoms with E-state index >= 15 is 0 Å². The highest BCUT2D eigenvalue weighted by Gasteiger charge is 2.04. The van der Waals surface area contributed by atoms with Crippen molar-refractivity contribution in [3.8, 4) is 0 Å². The molecule has 5 nitrogen and oxygen atoms in total. The normalized spacial score (nSPS) is 10.7. The molecular formula is C13H9Cl2N3O2. The average molecular weight is 310 g/mol. The number of nitrogens with zero attached hydrogens (tertiary/aromatic N) is 2. The second-order valence-corrected chi connectivity index (χ2v) is 4.69. The van der Waals surface area contributed by atoms with E-state index in [0.29, 0.717) is 21.3 Å². The topological polar surface area (TPSA) is 67.5 Å². The van der Waals surface area contributed by atoms with Crippen molar-refractivity contribution in [1.82, 2.24) is 0 Å². The Morgan fingerprint density at radius 3 is 2.70 bits per heavy atom. The first-order valence-electron chi connectivity index (χ1n) is 5.55. The molecule has 0 aliphatic carbocycles. The van der Waals surface area contributed by atoms with Gasteiger partial charge in [0.15, 0.2) is 0 Å². The highest BCUT2D eigenvalue weighted by molar-refractivity contribution is 6.36. The maximum atomic E-state index is 10.6. The van der Waals surface area contributed by atoms with Crippen LogP contribution < -0.4 is 5.43 Å². The fourth-order valence-corrected chi connectivity index (χ4v) is 1.93. The van der Waals surface area contributed by atoms with Crippen LogP contribution in [0.5, 0.6) is 0 Å². The molecule has 0 bridgehead atoms. The molecule has 0 heterocycles. The second kappa shape index (κ2) is 6.36. The Kier molecular flexibility index (Phi) is 4.55. The summed E-state index contributed by atoms with van der Waals surface area (Å²) in [4.78, 5) is 10.2. The maximum Gasteiger partial charge on any atom is 0.271 e. The largest absolute Gasteiger partial charge is 0.278 e. The summed E-state index contributed by atoms with van der Waals surface area (Å²) in [6.45, 7) is 0. The molecular weight excluding hydrogens is 301 g/mol. The van der Waals surface area contributed by atoms with E-state index in [4.69, 9.17) is 23.2 Å². The predicted molar refractivity (Wildman–Crippen MR) is 80.8 cm³/mol. The number of anilines is 1. The van der Waals surface area contributed by atoms with Crippen LogP contribution in [0.1, 0.15) is 5.56 Å². The molecule has 20 heavy (non-hydrogen) atoms. The number of nitro benzene ring substituents is 1. The van der Waals surface area contributed by atoms with Gasteiger partial charge in [0.05, 0.1) is 21.8 Å². The van der Waals surface area contributed by atoms with Gasteiger partial charge in [-0.2, -0.15) is 5.10 Å². The van der Waals surface area contributed by atoms with Crippen molar-refractivity contribution < 1.29 is 4.92 Å². The smallest absolute Gasteiger partial charge is 0.271 e. The summed E-state index contributed by atoms with van der Waals surface area (Å²) in [6, 6.07) is 11.1. The zero-order valence-corrected chi connectivity index (χ0v) is 11.6. The summed E-state index contributed by atoms with van der Waals surface area (Å²) in [6.07, 6.45) is 1.51. The highest BCUT2D eigenvalue weighted by Crippen LogP contribution is 2.20. The Bertz CT molecular complexity index is 674. The van der Waals surface area contributed by atoms with E-state index in [-0.39, 0.29) is 5.69 Å². The predicted octanol–water partition coefficient (Wildman–Crippen LogP) is 4.35. The van der Waals surface area contributed by atoms with Gasteiger partial charge in [-0.15, -0.1) is 0 Å². The monoisotopic (exact) mass is 309 g/mol. The van der Waals surface area contributed by atoms with Gasteiger partial charge in [-0.05, 0) is 18.2 Å². The number of non-ortho nitro benzene ring substituents is 1. The van der Waals surface area contributed by atoms with Crippen molar-refractivity contribution >= 4 is 40.8 Å². The molecule has 0 radical (unpaired) electrons. The van der Waals surface area contributed by atoms with Crippen LogP contribution in [-0.4, -0.2) is 11.1 Å². The van der Waals surface area contributed by atoms with Crippen LogP contribution in [0.3, 0.4) is 0 Å². The Balaban J connectivity index is 2.10. The van der Waals surface area contributed by atoms with E-state index in [1.165, 1.54) is 18.3 Å². The van der Waals surface area contributed by atoms with E-state index in [1.54, 1.807) is 30.3 Å². The third-order valence-corrected chi connectivity index (χ3v) is 2.98. The quantitative estimate of drug-likeness (QED) is 0.518. The molecule has 0 saturated carbocycles. The summed E-state index contributed by atoms with van der Waals surface area (Å²) < 4.78 is 0. The van der Waals surface area contributed by atoms with Crippen molar-refractivity contribution in [1.29, 1.82) is 0 Å². The lowest BCUT2D eigenvalue weighted by Crippen LogP contribution is -1.93. The fraction of sp³-hybridized carbons (Fsp3) is 0. The summed E-state index contributed by atoms with van der Waals surface area (Å²) in [7, 11) is 0. The highest BCUT2D eigenvalue weighted by atomic mass is 35.5. The van der Waals surface area contributed by atoms with Crippen LogP contribution in [0.15, 0.2) is 47.6 Å². The van der Waals surface area contributed by atoms with E-state index in [9.17, 15) is 10.1 Å². The number of nitro groups is 1. The van der Waals surface area contributed by atoms with Crippen LogP contribution in [0.2, 0.25) is 10.0 Å². The first kappa shape index (κ1) is 14.3.